The molecular weight excluding hydrogens is 576 g/mol. The number of carbonyl (C=O) groups excluding carboxylic acids is 2. The number of allylic oxidation sites excluding steroid dienone is 1. The number of fused-ring (bicyclic) bond motifs is 1. The standard InChI is InChI=1S/C33H38N6O4S/c1-20(2)13-26(40)21-8-9-25-24(14-21)36-32(37-30(41)29-11-10-28(44-29)27-17-35-19-43-27)39(25)18-23-7-6-12-38(23)31(42)22(16-34)15-33(3,4)5/h8-11,14-15,17,19-20,23,26,40H,6-7,12-13,18H2,1-5H3,(H,36,37,41). The topological polar surface area (TPSA) is 137 Å². The second-order valence-electron chi connectivity index (χ2n) is 12.8. The first-order valence-electron chi connectivity index (χ1n) is 14.9. The van der Waals surface area contributed by atoms with Crippen LogP contribution in [0.1, 0.15) is 75.2 Å². The molecule has 0 spiro atoms. The molecule has 0 aliphatic carbocycles. The normalized spacial score (nSPS) is 16.5. The van der Waals surface area contributed by atoms with Crippen molar-refractivity contribution >= 4 is 40.1 Å². The van der Waals surface area contributed by atoms with Crippen LogP contribution in [0.3, 0.4) is 0 Å². The van der Waals surface area contributed by atoms with Gasteiger partial charge in [0.2, 0.25) is 5.95 Å². The molecule has 2 N–H and O–H groups in total. The molecule has 44 heavy (non-hydrogen) atoms. The average Bonchev–Trinajstić information content (AvgIpc) is 3.77. The maximum Gasteiger partial charge on any atom is 0.268 e. The highest BCUT2D eigenvalue weighted by molar-refractivity contribution is 7.17. The Morgan fingerprint density at radius 1 is 1.27 bits per heavy atom. The number of hydrogen-bond donors (Lipinski definition) is 2. The summed E-state index contributed by atoms with van der Waals surface area (Å²) in [6.45, 7) is 10.9. The summed E-state index contributed by atoms with van der Waals surface area (Å²) in [5, 5.41) is 23.6. The zero-order chi connectivity index (χ0) is 31.6. The fraction of sp³-hybridized carbons (Fsp3) is 0.424. The van der Waals surface area contributed by atoms with Crippen LogP contribution in [0.2, 0.25) is 0 Å². The molecule has 11 heteroatoms. The van der Waals surface area contributed by atoms with E-state index >= 15 is 0 Å². The van der Waals surface area contributed by atoms with E-state index in [2.05, 4.69) is 30.2 Å². The number of anilines is 1. The number of carbonyl (C=O) groups is 2. The van der Waals surface area contributed by atoms with Gasteiger partial charge in [0.25, 0.3) is 11.8 Å². The second-order valence-corrected chi connectivity index (χ2v) is 13.8. The minimum Gasteiger partial charge on any atom is -0.443 e. The van der Waals surface area contributed by atoms with Gasteiger partial charge >= 0.3 is 0 Å². The van der Waals surface area contributed by atoms with Crippen molar-refractivity contribution in [3.05, 3.63) is 65.0 Å². The number of nitrogens with one attached hydrogen (secondary N) is 1. The van der Waals surface area contributed by atoms with E-state index in [0.29, 0.717) is 47.5 Å². The van der Waals surface area contributed by atoms with Gasteiger partial charge in [-0.3, -0.25) is 14.9 Å². The minimum absolute atomic E-state index is 0.137. The van der Waals surface area contributed by atoms with E-state index in [1.807, 2.05) is 49.6 Å². The quantitative estimate of drug-likeness (QED) is 0.161. The Hall–Kier alpha value is -4.27. The summed E-state index contributed by atoms with van der Waals surface area (Å²) >= 11 is 1.28. The van der Waals surface area contributed by atoms with Gasteiger partial charge in [-0.1, -0.05) is 46.8 Å². The van der Waals surface area contributed by atoms with E-state index in [1.165, 1.54) is 17.7 Å². The fourth-order valence-electron chi connectivity index (χ4n) is 5.54. The molecule has 4 heterocycles. The van der Waals surface area contributed by atoms with Crippen molar-refractivity contribution in [1.82, 2.24) is 19.4 Å². The third kappa shape index (κ3) is 6.93. The SMILES string of the molecule is CC(C)CC(O)c1ccc2c(c1)nc(NC(=O)c1ccc(-c3cnco3)s1)n2CC1CCCN1C(=O)C(C#N)=CC(C)(C)C. The molecule has 10 nitrogen and oxygen atoms in total. The van der Waals surface area contributed by atoms with Gasteiger partial charge < -0.3 is 19.0 Å². The summed E-state index contributed by atoms with van der Waals surface area (Å²) in [4.78, 5) is 38.7. The number of aliphatic hydroxyl groups excluding tert-OH is 1. The van der Waals surface area contributed by atoms with Crippen LogP contribution in [0.4, 0.5) is 5.95 Å². The molecule has 3 aromatic heterocycles. The molecule has 0 bridgehead atoms. The minimum atomic E-state index is -0.634. The first-order chi connectivity index (χ1) is 20.9. The molecule has 2 unspecified atom stereocenters. The average molecular weight is 615 g/mol. The van der Waals surface area contributed by atoms with Gasteiger partial charge in [-0.2, -0.15) is 5.26 Å². The van der Waals surface area contributed by atoms with Gasteiger partial charge in [0.05, 0.1) is 39.1 Å². The summed E-state index contributed by atoms with van der Waals surface area (Å²) < 4.78 is 7.30. The zero-order valence-corrected chi connectivity index (χ0v) is 26.5. The highest BCUT2D eigenvalue weighted by atomic mass is 32.1. The van der Waals surface area contributed by atoms with Crippen molar-refractivity contribution in [3.8, 4) is 16.7 Å². The van der Waals surface area contributed by atoms with Gasteiger partial charge in [-0.25, -0.2) is 9.97 Å². The molecule has 1 aromatic carbocycles. The smallest absolute Gasteiger partial charge is 0.268 e. The molecule has 1 fully saturated rings. The number of oxazole rings is 1. The van der Waals surface area contributed by atoms with Crippen LogP contribution in [-0.2, 0) is 11.3 Å². The third-order valence-corrected chi connectivity index (χ3v) is 8.64. The monoisotopic (exact) mass is 614 g/mol. The lowest BCUT2D eigenvalue weighted by Crippen LogP contribution is -2.39. The lowest BCUT2D eigenvalue weighted by Gasteiger charge is -2.26. The van der Waals surface area contributed by atoms with Crippen molar-refractivity contribution in [2.75, 3.05) is 11.9 Å². The first-order valence-corrected chi connectivity index (χ1v) is 15.7. The van der Waals surface area contributed by atoms with Crippen LogP contribution in [0.5, 0.6) is 0 Å². The first kappa shape index (κ1) is 31.2. The maximum atomic E-state index is 13.5. The van der Waals surface area contributed by atoms with Crippen LogP contribution >= 0.6 is 11.3 Å². The molecule has 4 aromatic rings. The van der Waals surface area contributed by atoms with Crippen molar-refractivity contribution in [1.29, 1.82) is 5.26 Å². The Labute approximate surface area is 261 Å². The molecule has 0 radical (unpaired) electrons. The molecule has 230 valence electrons. The van der Waals surface area contributed by atoms with Gasteiger partial charge in [0, 0.05) is 13.1 Å². The third-order valence-electron chi connectivity index (χ3n) is 7.54. The lowest BCUT2D eigenvalue weighted by molar-refractivity contribution is -0.127. The van der Waals surface area contributed by atoms with Gasteiger partial charge in [-0.05, 0) is 60.4 Å². The Balaban J connectivity index is 1.48. The molecule has 2 atom stereocenters. The van der Waals surface area contributed by atoms with Crippen LogP contribution in [0, 0.1) is 22.7 Å². The number of rotatable bonds is 9. The predicted octanol–water partition coefficient (Wildman–Crippen LogP) is 6.57. The largest absolute Gasteiger partial charge is 0.443 e. The van der Waals surface area contributed by atoms with Crippen molar-refractivity contribution in [2.45, 2.75) is 72.6 Å². The number of hydrogen-bond acceptors (Lipinski definition) is 8. The zero-order valence-electron chi connectivity index (χ0n) is 25.7. The van der Waals surface area contributed by atoms with E-state index < -0.39 is 6.10 Å². The van der Waals surface area contributed by atoms with Crippen LogP contribution in [0.15, 0.2) is 59.0 Å². The van der Waals surface area contributed by atoms with Gasteiger partial charge in [0.15, 0.2) is 12.2 Å². The van der Waals surface area contributed by atoms with E-state index in [-0.39, 0.29) is 28.8 Å². The highest BCUT2D eigenvalue weighted by Crippen LogP contribution is 2.32. The molecule has 1 aliphatic heterocycles. The lowest BCUT2D eigenvalue weighted by atomic mass is 9.93. The number of nitrogens with zero attached hydrogens (tertiary/aromatic N) is 5. The fourth-order valence-corrected chi connectivity index (χ4v) is 6.40. The number of aliphatic hydroxyl groups is 1. The number of amides is 2. The molecule has 1 aliphatic rings. The summed E-state index contributed by atoms with van der Waals surface area (Å²) in [5.41, 5.74) is 1.99. The van der Waals surface area contributed by atoms with E-state index in [9.17, 15) is 20.0 Å². The van der Waals surface area contributed by atoms with E-state index in [1.54, 1.807) is 23.2 Å². The number of aromatic nitrogens is 3. The molecule has 0 saturated carbocycles. The number of imidazole rings is 1. The van der Waals surface area contributed by atoms with Crippen molar-refractivity contribution in [3.63, 3.8) is 0 Å². The Morgan fingerprint density at radius 2 is 2.07 bits per heavy atom. The van der Waals surface area contributed by atoms with Crippen molar-refractivity contribution < 1.29 is 19.1 Å². The summed E-state index contributed by atoms with van der Waals surface area (Å²) in [5.74, 6) is 0.642. The molecule has 2 amide bonds. The summed E-state index contributed by atoms with van der Waals surface area (Å²) in [7, 11) is 0. The number of benzene rings is 1. The maximum absolute atomic E-state index is 13.5. The van der Waals surface area contributed by atoms with Gasteiger partial charge in [-0.15, -0.1) is 11.3 Å². The summed E-state index contributed by atoms with van der Waals surface area (Å²) in [6.07, 6.45) is 6.21. The van der Waals surface area contributed by atoms with Gasteiger partial charge in [0.1, 0.15) is 11.6 Å². The van der Waals surface area contributed by atoms with Crippen LogP contribution < -0.4 is 5.32 Å². The number of thiophene rings is 1. The summed E-state index contributed by atoms with van der Waals surface area (Å²) in [6, 6.07) is 11.1. The molecule has 1 saturated heterocycles. The van der Waals surface area contributed by atoms with Crippen molar-refractivity contribution in [2.24, 2.45) is 11.3 Å². The van der Waals surface area contributed by atoms with Crippen LogP contribution in [0.25, 0.3) is 21.7 Å². The van der Waals surface area contributed by atoms with E-state index in [4.69, 9.17) is 9.40 Å². The Morgan fingerprint density at radius 3 is 2.75 bits per heavy atom. The predicted molar refractivity (Wildman–Crippen MR) is 170 cm³/mol. The van der Waals surface area contributed by atoms with Crippen LogP contribution in [-0.4, -0.2) is 48.9 Å². The molecule has 5 rings (SSSR count). The second kappa shape index (κ2) is 12.8. The highest BCUT2D eigenvalue weighted by Gasteiger charge is 2.33. The number of nitriles is 1. The molecular formula is C33H38N6O4S. The number of likely N-dealkylation sites (tertiary alicyclic amines) is 1. The van der Waals surface area contributed by atoms with E-state index in [0.717, 1.165) is 28.8 Å². The Kier molecular flexibility index (Phi) is 9.04. The Bertz CT molecular complexity index is 1720.